The standard InChI is InChI=1S/C11H13BrFN/c1-8-4-5-14(8)7-9-6-10(12)2-3-11(9)13/h2-3,6,8H,4-5,7H2,1H3. The van der Waals surface area contributed by atoms with Crippen molar-refractivity contribution in [3.63, 3.8) is 0 Å². The molecule has 0 spiro atoms. The van der Waals surface area contributed by atoms with Gasteiger partial charge in [0.15, 0.2) is 0 Å². The van der Waals surface area contributed by atoms with Crippen molar-refractivity contribution < 1.29 is 4.39 Å². The Morgan fingerprint density at radius 2 is 2.36 bits per heavy atom. The van der Waals surface area contributed by atoms with Gasteiger partial charge < -0.3 is 0 Å². The summed E-state index contributed by atoms with van der Waals surface area (Å²) in [4.78, 5) is 2.28. The Morgan fingerprint density at radius 1 is 1.57 bits per heavy atom. The van der Waals surface area contributed by atoms with E-state index in [-0.39, 0.29) is 5.82 Å². The summed E-state index contributed by atoms with van der Waals surface area (Å²) in [5, 5.41) is 0. The smallest absolute Gasteiger partial charge is 0.127 e. The molecule has 0 N–H and O–H groups in total. The molecule has 76 valence electrons. The summed E-state index contributed by atoms with van der Waals surface area (Å²) in [6.07, 6.45) is 1.23. The molecule has 1 heterocycles. The molecule has 2 rings (SSSR count). The van der Waals surface area contributed by atoms with Crippen LogP contribution in [0, 0.1) is 5.82 Å². The van der Waals surface area contributed by atoms with Gasteiger partial charge in [-0.1, -0.05) is 15.9 Å². The van der Waals surface area contributed by atoms with E-state index in [4.69, 9.17) is 0 Å². The zero-order valence-corrected chi connectivity index (χ0v) is 9.72. The maximum atomic E-state index is 13.4. The fraction of sp³-hybridized carbons (Fsp3) is 0.455. The molecule has 14 heavy (non-hydrogen) atoms. The van der Waals surface area contributed by atoms with Crippen LogP contribution in [-0.4, -0.2) is 17.5 Å². The highest BCUT2D eigenvalue weighted by atomic mass is 79.9. The molecule has 1 fully saturated rings. The molecule has 1 unspecified atom stereocenters. The molecule has 3 heteroatoms. The first-order valence-corrected chi connectivity index (χ1v) is 5.64. The summed E-state index contributed by atoms with van der Waals surface area (Å²) in [5.74, 6) is -0.104. The Morgan fingerprint density at radius 3 is 2.93 bits per heavy atom. The van der Waals surface area contributed by atoms with E-state index >= 15 is 0 Å². The lowest BCUT2D eigenvalue weighted by atomic mass is 10.0. The SMILES string of the molecule is CC1CCN1Cc1cc(Br)ccc1F. The van der Waals surface area contributed by atoms with E-state index in [0.717, 1.165) is 23.1 Å². The normalized spacial score (nSPS) is 22.1. The molecular weight excluding hydrogens is 245 g/mol. The Kier molecular flexibility index (Phi) is 2.88. The first-order valence-electron chi connectivity index (χ1n) is 4.85. The lowest BCUT2D eigenvalue weighted by Gasteiger charge is -2.38. The lowest BCUT2D eigenvalue weighted by Crippen LogP contribution is -2.44. The third-order valence-corrected chi connectivity index (χ3v) is 3.33. The van der Waals surface area contributed by atoms with Gasteiger partial charge >= 0.3 is 0 Å². The maximum absolute atomic E-state index is 13.4. The molecular formula is C11H13BrFN. The van der Waals surface area contributed by atoms with Crippen LogP contribution in [0.4, 0.5) is 4.39 Å². The molecule has 1 aliphatic heterocycles. The molecule has 1 saturated heterocycles. The quantitative estimate of drug-likeness (QED) is 0.787. The minimum atomic E-state index is -0.104. The van der Waals surface area contributed by atoms with Crippen LogP contribution in [0.25, 0.3) is 0 Å². The monoisotopic (exact) mass is 257 g/mol. The van der Waals surface area contributed by atoms with Crippen molar-refractivity contribution >= 4 is 15.9 Å². The van der Waals surface area contributed by atoms with Crippen molar-refractivity contribution in [3.05, 3.63) is 34.1 Å². The Hall–Kier alpha value is -0.410. The zero-order valence-electron chi connectivity index (χ0n) is 8.13. The molecule has 1 aliphatic rings. The van der Waals surface area contributed by atoms with Gasteiger partial charge in [-0.2, -0.15) is 0 Å². The summed E-state index contributed by atoms with van der Waals surface area (Å²) >= 11 is 3.36. The molecule has 1 nitrogen and oxygen atoms in total. The lowest BCUT2D eigenvalue weighted by molar-refractivity contribution is 0.0945. The first-order chi connectivity index (χ1) is 6.66. The van der Waals surface area contributed by atoms with Crippen LogP contribution >= 0.6 is 15.9 Å². The van der Waals surface area contributed by atoms with E-state index in [1.807, 2.05) is 6.07 Å². The van der Waals surface area contributed by atoms with Gasteiger partial charge in [0, 0.05) is 29.2 Å². The van der Waals surface area contributed by atoms with Crippen LogP contribution < -0.4 is 0 Å². The van der Waals surface area contributed by atoms with Gasteiger partial charge in [0.25, 0.3) is 0 Å². The largest absolute Gasteiger partial charge is 0.296 e. The Balaban J connectivity index is 2.11. The van der Waals surface area contributed by atoms with Gasteiger partial charge in [-0.25, -0.2) is 4.39 Å². The van der Waals surface area contributed by atoms with Gasteiger partial charge in [0.1, 0.15) is 5.82 Å². The zero-order chi connectivity index (χ0) is 10.1. The molecule has 1 aromatic carbocycles. The molecule has 0 aliphatic carbocycles. The second-order valence-electron chi connectivity index (χ2n) is 3.84. The molecule has 1 aromatic rings. The summed E-state index contributed by atoms with van der Waals surface area (Å²) in [6, 6.07) is 5.72. The average Bonchev–Trinajstić information content (AvgIpc) is 2.17. The second-order valence-corrected chi connectivity index (χ2v) is 4.76. The van der Waals surface area contributed by atoms with Crippen molar-refractivity contribution in [1.29, 1.82) is 0 Å². The highest BCUT2D eigenvalue weighted by Gasteiger charge is 2.23. The predicted octanol–water partition coefficient (Wildman–Crippen LogP) is 3.18. The van der Waals surface area contributed by atoms with Crippen molar-refractivity contribution in [1.82, 2.24) is 4.90 Å². The van der Waals surface area contributed by atoms with Crippen LogP contribution in [0.15, 0.2) is 22.7 Å². The van der Waals surface area contributed by atoms with Crippen molar-refractivity contribution in [3.8, 4) is 0 Å². The van der Waals surface area contributed by atoms with Crippen molar-refractivity contribution in [2.75, 3.05) is 6.54 Å². The van der Waals surface area contributed by atoms with Crippen LogP contribution in [0.5, 0.6) is 0 Å². The molecule has 0 amide bonds. The number of nitrogens with zero attached hydrogens (tertiary/aromatic N) is 1. The van der Waals surface area contributed by atoms with Crippen LogP contribution in [0.2, 0.25) is 0 Å². The number of halogens is 2. The fourth-order valence-corrected chi connectivity index (χ4v) is 2.10. The van der Waals surface area contributed by atoms with E-state index in [1.165, 1.54) is 12.5 Å². The third kappa shape index (κ3) is 1.98. The fourth-order valence-electron chi connectivity index (χ4n) is 1.69. The first kappa shape index (κ1) is 10.1. The third-order valence-electron chi connectivity index (χ3n) is 2.84. The van der Waals surface area contributed by atoms with Gasteiger partial charge in [0.05, 0.1) is 0 Å². The van der Waals surface area contributed by atoms with Crippen LogP contribution in [0.1, 0.15) is 18.9 Å². The highest BCUT2D eigenvalue weighted by Crippen LogP contribution is 2.23. The van der Waals surface area contributed by atoms with E-state index < -0.39 is 0 Å². The highest BCUT2D eigenvalue weighted by molar-refractivity contribution is 9.10. The molecule has 1 atom stereocenters. The van der Waals surface area contributed by atoms with Crippen molar-refractivity contribution in [2.45, 2.75) is 25.9 Å². The Bertz CT molecular complexity index is 340. The predicted molar refractivity (Wildman–Crippen MR) is 58.6 cm³/mol. The number of benzene rings is 1. The molecule has 0 saturated carbocycles. The van der Waals surface area contributed by atoms with Gasteiger partial charge in [-0.05, 0) is 31.5 Å². The van der Waals surface area contributed by atoms with E-state index in [0.29, 0.717) is 6.04 Å². The molecule has 0 radical (unpaired) electrons. The molecule has 0 aromatic heterocycles. The van der Waals surface area contributed by atoms with E-state index in [9.17, 15) is 4.39 Å². The van der Waals surface area contributed by atoms with E-state index in [2.05, 4.69) is 27.8 Å². The average molecular weight is 258 g/mol. The minimum Gasteiger partial charge on any atom is -0.296 e. The van der Waals surface area contributed by atoms with Gasteiger partial charge in [-0.15, -0.1) is 0 Å². The molecule has 0 bridgehead atoms. The van der Waals surface area contributed by atoms with Crippen LogP contribution in [0.3, 0.4) is 0 Å². The van der Waals surface area contributed by atoms with Gasteiger partial charge in [0.2, 0.25) is 0 Å². The number of rotatable bonds is 2. The van der Waals surface area contributed by atoms with Gasteiger partial charge in [-0.3, -0.25) is 4.90 Å². The van der Waals surface area contributed by atoms with E-state index in [1.54, 1.807) is 6.07 Å². The summed E-state index contributed by atoms with van der Waals surface area (Å²) in [6.45, 7) is 4.00. The summed E-state index contributed by atoms with van der Waals surface area (Å²) in [5.41, 5.74) is 0.783. The van der Waals surface area contributed by atoms with Crippen LogP contribution in [-0.2, 0) is 6.54 Å². The number of hydrogen-bond donors (Lipinski definition) is 0. The summed E-state index contributed by atoms with van der Waals surface area (Å²) < 4.78 is 14.3. The second kappa shape index (κ2) is 3.99. The minimum absolute atomic E-state index is 0.104. The Labute approximate surface area is 92.0 Å². The summed E-state index contributed by atoms with van der Waals surface area (Å²) in [7, 11) is 0. The number of hydrogen-bond acceptors (Lipinski definition) is 1. The number of likely N-dealkylation sites (tertiary alicyclic amines) is 1. The van der Waals surface area contributed by atoms with Crippen molar-refractivity contribution in [2.24, 2.45) is 0 Å². The maximum Gasteiger partial charge on any atom is 0.127 e. The topological polar surface area (TPSA) is 3.24 Å².